The Kier molecular flexibility index (Phi) is 3.67. The fourth-order valence-electron chi connectivity index (χ4n) is 2.54. The molecule has 3 rings (SSSR count). The van der Waals surface area contributed by atoms with E-state index < -0.39 is 11.7 Å². The van der Waals surface area contributed by atoms with E-state index in [0.29, 0.717) is 23.6 Å². The van der Waals surface area contributed by atoms with E-state index in [4.69, 9.17) is 4.74 Å². The number of rotatable bonds is 2. The smallest absolute Gasteiger partial charge is 0.408 e. The van der Waals surface area contributed by atoms with Crippen molar-refractivity contribution < 1.29 is 9.53 Å². The molecule has 3 N–H and O–H groups in total. The molecule has 1 amide bonds. The number of carbonyl (C=O) groups is 1. The highest BCUT2D eigenvalue weighted by atomic mass is 16.6. The van der Waals surface area contributed by atoms with Gasteiger partial charge in [-0.15, -0.1) is 0 Å². The Bertz CT molecular complexity index is 757. The topological polar surface area (TPSA) is 108 Å². The highest BCUT2D eigenvalue weighted by Gasteiger charge is 2.28. The average Bonchev–Trinajstić information content (AvgIpc) is 2.47. The molecule has 1 aromatic heterocycles. The van der Waals surface area contributed by atoms with Crippen molar-refractivity contribution in [3.05, 3.63) is 27.6 Å². The first-order valence-electron chi connectivity index (χ1n) is 7.43. The molecule has 0 aromatic carbocycles. The number of nitrogens with one attached hydrogen (secondary N) is 3. The summed E-state index contributed by atoms with van der Waals surface area (Å²) >= 11 is 0. The monoisotopic (exact) mass is 317 g/mol. The van der Waals surface area contributed by atoms with Crippen molar-refractivity contribution in [2.24, 2.45) is 4.99 Å². The van der Waals surface area contributed by atoms with Gasteiger partial charge in [0.25, 0.3) is 5.56 Å². The van der Waals surface area contributed by atoms with Gasteiger partial charge in [-0.2, -0.15) is 5.10 Å². The van der Waals surface area contributed by atoms with Gasteiger partial charge in [0.2, 0.25) is 0 Å². The Morgan fingerprint density at radius 2 is 2.26 bits per heavy atom. The van der Waals surface area contributed by atoms with Crippen LogP contribution in [0.15, 0.2) is 15.9 Å². The minimum absolute atomic E-state index is 0.156. The Morgan fingerprint density at radius 3 is 3.00 bits per heavy atom. The SMILES string of the molecule is CC(C)(C)OC(=O)NCC1=NC2CC=Cc3c2c(n[nH]c3=O)N1. The fourth-order valence-corrected chi connectivity index (χ4v) is 2.54. The molecule has 0 bridgehead atoms. The van der Waals surface area contributed by atoms with Gasteiger partial charge in [0.1, 0.15) is 11.4 Å². The van der Waals surface area contributed by atoms with Crippen LogP contribution in [0.25, 0.3) is 6.08 Å². The van der Waals surface area contributed by atoms with E-state index in [1.54, 1.807) is 26.8 Å². The van der Waals surface area contributed by atoms with Crippen molar-refractivity contribution in [3.63, 3.8) is 0 Å². The Labute approximate surface area is 133 Å². The number of aromatic amines is 1. The first kappa shape index (κ1) is 15.3. The number of H-pyrrole nitrogens is 1. The first-order chi connectivity index (χ1) is 10.8. The zero-order chi connectivity index (χ0) is 16.6. The number of aliphatic imine (C=N–C) groups is 1. The van der Waals surface area contributed by atoms with Gasteiger partial charge in [-0.3, -0.25) is 9.79 Å². The largest absolute Gasteiger partial charge is 0.444 e. The lowest BCUT2D eigenvalue weighted by Crippen LogP contribution is -2.39. The molecule has 0 saturated carbocycles. The fraction of sp³-hybridized carbons (Fsp3) is 0.467. The predicted octanol–water partition coefficient (Wildman–Crippen LogP) is 1.58. The first-order valence-corrected chi connectivity index (χ1v) is 7.43. The molecule has 8 nitrogen and oxygen atoms in total. The summed E-state index contributed by atoms with van der Waals surface area (Å²) in [6.07, 6.45) is 3.89. The van der Waals surface area contributed by atoms with Gasteiger partial charge in [-0.1, -0.05) is 12.2 Å². The Morgan fingerprint density at radius 1 is 1.48 bits per heavy atom. The van der Waals surface area contributed by atoms with Crippen molar-refractivity contribution in [2.75, 3.05) is 11.9 Å². The van der Waals surface area contributed by atoms with Crippen LogP contribution in [0.5, 0.6) is 0 Å². The molecule has 0 saturated heterocycles. The second-order valence-corrected chi connectivity index (χ2v) is 6.44. The molecule has 1 aliphatic heterocycles. The number of anilines is 1. The summed E-state index contributed by atoms with van der Waals surface area (Å²) in [7, 11) is 0. The van der Waals surface area contributed by atoms with E-state index in [2.05, 4.69) is 25.8 Å². The van der Waals surface area contributed by atoms with Gasteiger partial charge in [-0.25, -0.2) is 9.89 Å². The number of hydrogen-bond donors (Lipinski definition) is 3. The highest BCUT2D eigenvalue weighted by Crippen LogP contribution is 2.35. The highest BCUT2D eigenvalue weighted by molar-refractivity contribution is 6.00. The van der Waals surface area contributed by atoms with Crippen LogP contribution >= 0.6 is 0 Å². The Hall–Kier alpha value is -2.64. The summed E-state index contributed by atoms with van der Waals surface area (Å²) in [5, 5.41) is 12.2. The lowest BCUT2D eigenvalue weighted by Gasteiger charge is -2.27. The van der Waals surface area contributed by atoms with E-state index in [-0.39, 0.29) is 18.1 Å². The van der Waals surface area contributed by atoms with E-state index in [1.807, 2.05) is 6.08 Å². The van der Waals surface area contributed by atoms with Crippen molar-refractivity contribution in [1.29, 1.82) is 0 Å². The molecule has 1 unspecified atom stereocenters. The van der Waals surface area contributed by atoms with Crippen LogP contribution in [0.2, 0.25) is 0 Å². The maximum Gasteiger partial charge on any atom is 0.408 e. The molecule has 0 spiro atoms. The third-order valence-electron chi connectivity index (χ3n) is 3.41. The van der Waals surface area contributed by atoms with E-state index in [1.165, 1.54) is 0 Å². The van der Waals surface area contributed by atoms with Gasteiger partial charge < -0.3 is 15.4 Å². The minimum atomic E-state index is -0.553. The third kappa shape index (κ3) is 3.25. The number of alkyl carbamates (subject to hydrolysis) is 1. The van der Waals surface area contributed by atoms with E-state index >= 15 is 0 Å². The average molecular weight is 317 g/mol. The van der Waals surface area contributed by atoms with Crippen LogP contribution < -0.4 is 16.2 Å². The maximum absolute atomic E-state index is 11.8. The molecular formula is C15H19N5O3. The van der Waals surface area contributed by atoms with Gasteiger partial charge >= 0.3 is 6.09 Å². The van der Waals surface area contributed by atoms with Crippen molar-refractivity contribution >= 4 is 23.8 Å². The lowest BCUT2D eigenvalue weighted by atomic mass is 9.93. The molecule has 0 fully saturated rings. The van der Waals surface area contributed by atoms with Crippen LogP contribution in [0, 0.1) is 0 Å². The number of carbonyl (C=O) groups excluding carboxylic acids is 1. The second-order valence-electron chi connectivity index (χ2n) is 6.44. The van der Waals surface area contributed by atoms with E-state index in [0.717, 1.165) is 5.56 Å². The zero-order valence-corrected chi connectivity index (χ0v) is 13.3. The number of amides is 1. The minimum Gasteiger partial charge on any atom is -0.444 e. The van der Waals surface area contributed by atoms with E-state index in [9.17, 15) is 9.59 Å². The van der Waals surface area contributed by atoms with Crippen LogP contribution in [0.4, 0.5) is 10.6 Å². The van der Waals surface area contributed by atoms with Crippen molar-refractivity contribution in [1.82, 2.24) is 15.5 Å². The van der Waals surface area contributed by atoms with Gasteiger partial charge in [-0.05, 0) is 27.2 Å². The molecule has 0 radical (unpaired) electrons. The summed E-state index contributed by atoms with van der Waals surface area (Å²) in [5.74, 6) is 1.15. The lowest BCUT2D eigenvalue weighted by molar-refractivity contribution is 0.0536. The number of hydrogen-bond acceptors (Lipinski definition) is 6. The van der Waals surface area contributed by atoms with Crippen molar-refractivity contribution in [2.45, 2.75) is 38.8 Å². The Balaban J connectivity index is 1.74. The van der Waals surface area contributed by atoms with Crippen LogP contribution in [-0.2, 0) is 4.74 Å². The summed E-state index contributed by atoms with van der Waals surface area (Å²) in [4.78, 5) is 28.1. The molecule has 2 heterocycles. The summed E-state index contributed by atoms with van der Waals surface area (Å²) in [5.41, 5.74) is 0.610. The zero-order valence-electron chi connectivity index (χ0n) is 13.3. The number of amidine groups is 1. The molecule has 1 aliphatic carbocycles. The van der Waals surface area contributed by atoms with Gasteiger partial charge in [0.15, 0.2) is 5.82 Å². The third-order valence-corrected chi connectivity index (χ3v) is 3.41. The molecule has 1 atom stereocenters. The molecular weight excluding hydrogens is 298 g/mol. The molecule has 8 heteroatoms. The molecule has 122 valence electrons. The van der Waals surface area contributed by atoms with Crippen molar-refractivity contribution in [3.8, 4) is 0 Å². The molecule has 2 aliphatic rings. The summed E-state index contributed by atoms with van der Waals surface area (Å²) in [6.45, 7) is 5.60. The maximum atomic E-state index is 11.8. The van der Waals surface area contributed by atoms with Gasteiger partial charge in [0, 0.05) is 11.1 Å². The van der Waals surface area contributed by atoms with Crippen LogP contribution in [0.3, 0.4) is 0 Å². The summed E-state index contributed by atoms with van der Waals surface area (Å²) in [6, 6.07) is -0.156. The number of ether oxygens (including phenoxy) is 1. The number of nitrogens with zero attached hydrogens (tertiary/aromatic N) is 2. The number of aromatic nitrogens is 2. The van der Waals surface area contributed by atoms with Crippen LogP contribution in [-0.4, -0.2) is 34.3 Å². The summed E-state index contributed by atoms with van der Waals surface area (Å²) < 4.78 is 5.19. The second kappa shape index (κ2) is 5.53. The predicted molar refractivity (Wildman–Crippen MR) is 86.5 cm³/mol. The molecule has 23 heavy (non-hydrogen) atoms. The molecule has 1 aromatic rings. The normalized spacial score (nSPS) is 18.6. The standard InChI is InChI=1S/C15H19N5O3/c1-15(2,3)23-14(22)16-7-10-17-9-6-4-5-8-11(9)12(18-10)19-20-13(8)21/h4-5,9H,6-7H2,1-3H3,(H,16,22)(H,20,21)(H,17,18,19). The van der Waals surface area contributed by atoms with Gasteiger partial charge in [0.05, 0.1) is 12.6 Å². The van der Waals surface area contributed by atoms with Crippen LogP contribution in [0.1, 0.15) is 44.4 Å². The quantitative estimate of drug-likeness (QED) is 0.767.